The highest BCUT2D eigenvalue weighted by Gasteiger charge is 1.98. The van der Waals surface area contributed by atoms with Crippen molar-refractivity contribution in [3.8, 4) is 16.9 Å². The number of ether oxygens (including phenoxy) is 1. The fourth-order valence-corrected chi connectivity index (χ4v) is 2.03. The van der Waals surface area contributed by atoms with Crippen molar-refractivity contribution >= 4 is 0 Å². The highest BCUT2D eigenvalue weighted by Crippen LogP contribution is 2.21. The first kappa shape index (κ1) is 14.6. The van der Waals surface area contributed by atoms with Crippen molar-refractivity contribution in [2.45, 2.75) is 26.3 Å². The second-order valence-corrected chi connectivity index (χ2v) is 5.20. The summed E-state index contributed by atoms with van der Waals surface area (Å²) in [5.41, 5.74) is 2.46. The van der Waals surface area contributed by atoms with Gasteiger partial charge in [0.15, 0.2) is 0 Å². The number of hydrogen-bond donors (Lipinski definition) is 1. The molecule has 0 aliphatic heterocycles. The average molecular weight is 269 g/mol. The van der Waals surface area contributed by atoms with Crippen molar-refractivity contribution in [2.24, 2.45) is 0 Å². The van der Waals surface area contributed by atoms with Gasteiger partial charge >= 0.3 is 0 Å². The molecule has 2 heteroatoms. The summed E-state index contributed by atoms with van der Waals surface area (Å²) in [6.45, 7) is 6.07. The predicted octanol–water partition coefficient (Wildman–Crippen LogP) is 4.12. The third kappa shape index (κ3) is 4.71. The fourth-order valence-electron chi connectivity index (χ4n) is 2.03. The van der Waals surface area contributed by atoms with Crippen LogP contribution in [0.3, 0.4) is 0 Å². The van der Waals surface area contributed by atoms with E-state index in [0.29, 0.717) is 6.04 Å². The lowest BCUT2D eigenvalue weighted by Gasteiger charge is -2.09. The zero-order valence-corrected chi connectivity index (χ0v) is 12.3. The molecule has 0 aliphatic carbocycles. The van der Waals surface area contributed by atoms with Crippen LogP contribution in [0.1, 0.15) is 20.3 Å². The minimum absolute atomic E-state index is 0.542. The summed E-state index contributed by atoms with van der Waals surface area (Å²) >= 11 is 0. The summed E-state index contributed by atoms with van der Waals surface area (Å²) in [5, 5.41) is 3.38. The summed E-state index contributed by atoms with van der Waals surface area (Å²) in [6.07, 6.45) is 1.03. The molecule has 106 valence electrons. The Bertz CT molecular complexity index is 491. The van der Waals surface area contributed by atoms with Gasteiger partial charge in [0, 0.05) is 6.04 Å². The normalized spacial score (nSPS) is 10.8. The molecule has 0 saturated heterocycles. The van der Waals surface area contributed by atoms with E-state index in [1.54, 1.807) is 0 Å². The maximum Gasteiger partial charge on any atom is 0.119 e. The molecule has 0 atom stereocenters. The van der Waals surface area contributed by atoms with E-state index in [-0.39, 0.29) is 0 Å². The molecule has 0 bridgehead atoms. The Morgan fingerprint density at radius 1 is 0.900 bits per heavy atom. The van der Waals surface area contributed by atoms with E-state index in [1.165, 1.54) is 11.1 Å². The van der Waals surface area contributed by atoms with Gasteiger partial charge in [0.05, 0.1) is 6.61 Å². The molecule has 0 unspecified atom stereocenters. The molecule has 2 nitrogen and oxygen atoms in total. The lowest BCUT2D eigenvalue weighted by Crippen LogP contribution is -2.24. The highest BCUT2D eigenvalue weighted by molar-refractivity contribution is 5.63. The minimum atomic E-state index is 0.542. The topological polar surface area (TPSA) is 21.3 Å². The van der Waals surface area contributed by atoms with Crippen LogP contribution >= 0.6 is 0 Å². The van der Waals surface area contributed by atoms with E-state index < -0.39 is 0 Å². The number of benzene rings is 2. The van der Waals surface area contributed by atoms with Crippen LogP contribution in [0.5, 0.6) is 5.75 Å². The van der Waals surface area contributed by atoms with Crippen molar-refractivity contribution in [3.05, 3.63) is 54.6 Å². The molecule has 0 fully saturated rings. The van der Waals surface area contributed by atoms with E-state index in [2.05, 4.69) is 55.6 Å². The SMILES string of the molecule is CC(C)NCCCOc1ccc(-c2ccccc2)cc1. The van der Waals surface area contributed by atoms with Crippen LogP contribution in [0, 0.1) is 0 Å². The second-order valence-electron chi connectivity index (χ2n) is 5.20. The Balaban J connectivity index is 1.80. The van der Waals surface area contributed by atoms with Gasteiger partial charge in [0.1, 0.15) is 5.75 Å². The Kier molecular flexibility index (Phi) is 5.63. The second kappa shape index (κ2) is 7.71. The van der Waals surface area contributed by atoms with E-state index >= 15 is 0 Å². The molecule has 0 aromatic heterocycles. The maximum atomic E-state index is 5.74. The third-order valence-electron chi connectivity index (χ3n) is 3.10. The lowest BCUT2D eigenvalue weighted by atomic mass is 10.1. The molecule has 20 heavy (non-hydrogen) atoms. The average Bonchev–Trinajstić information content (AvgIpc) is 2.48. The van der Waals surface area contributed by atoms with Gasteiger partial charge in [0.2, 0.25) is 0 Å². The molecule has 0 spiro atoms. The summed E-state index contributed by atoms with van der Waals surface area (Å²) in [5.74, 6) is 0.939. The Morgan fingerprint density at radius 3 is 2.20 bits per heavy atom. The van der Waals surface area contributed by atoms with Gasteiger partial charge in [-0.05, 0) is 36.2 Å². The Labute approximate surface area is 121 Å². The molecule has 0 amide bonds. The van der Waals surface area contributed by atoms with Crippen LogP contribution in [0.4, 0.5) is 0 Å². The van der Waals surface area contributed by atoms with Crippen molar-refractivity contribution in [3.63, 3.8) is 0 Å². The van der Waals surface area contributed by atoms with Crippen molar-refractivity contribution in [2.75, 3.05) is 13.2 Å². The first-order valence-electron chi connectivity index (χ1n) is 7.27. The van der Waals surface area contributed by atoms with Crippen LogP contribution < -0.4 is 10.1 Å². The van der Waals surface area contributed by atoms with E-state index in [0.717, 1.165) is 25.3 Å². The van der Waals surface area contributed by atoms with Crippen LogP contribution in [-0.2, 0) is 0 Å². The van der Waals surface area contributed by atoms with Crippen LogP contribution in [-0.4, -0.2) is 19.2 Å². The smallest absolute Gasteiger partial charge is 0.119 e. The monoisotopic (exact) mass is 269 g/mol. The van der Waals surface area contributed by atoms with Crippen LogP contribution in [0.2, 0.25) is 0 Å². The number of hydrogen-bond acceptors (Lipinski definition) is 2. The molecular weight excluding hydrogens is 246 g/mol. The van der Waals surface area contributed by atoms with Gasteiger partial charge in [-0.25, -0.2) is 0 Å². The summed E-state index contributed by atoms with van der Waals surface area (Å²) < 4.78 is 5.74. The zero-order valence-electron chi connectivity index (χ0n) is 12.3. The summed E-state index contributed by atoms with van der Waals surface area (Å²) in [7, 11) is 0. The quantitative estimate of drug-likeness (QED) is 0.763. The standard InChI is InChI=1S/C18H23NO/c1-15(2)19-13-6-14-20-18-11-9-17(10-12-18)16-7-4-3-5-8-16/h3-5,7-12,15,19H,6,13-14H2,1-2H3. The van der Waals surface area contributed by atoms with Gasteiger partial charge in [-0.2, -0.15) is 0 Å². The largest absolute Gasteiger partial charge is 0.494 e. The van der Waals surface area contributed by atoms with Gasteiger partial charge in [0.25, 0.3) is 0 Å². The fraction of sp³-hybridized carbons (Fsp3) is 0.333. The zero-order chi connectivity index (χ0) is 14.2. The van der Waals surface area contributed by atoms with Crippen molar-refractivity contribution in [1.29, 1.82) is 0 Å². The van der Waals surface area contributed by atoms with Gasteiger partial charge in [-0.15, -0.1) is 0 Å². The lowest BCUT2D eigenvalue weighted by molar-refractivity contribution is 0.306. The summed E-state index contributed by atoms with van der Waals surface area (Å²) in [6, 6.07) is 19.2. The molecular formula is C18H23NO. The third-order valence-corrected chi connectivity index (χ3v) is 3.10. The van der Waals surface area contributed by atoms with E-state index in [4.69, 9.17) is 4.74 Å². The Morgan fingerprint density at radius 2 is 1.55 bits per heavy atom. The molecule has 2 aromatic carbocycles. The van der Waals surface area contributed by atoms with E-state index in [9.17, 15) is 0 Å². The first-order valence-corrected chi connectivity index (χ1v) is 7.27. The molecule has 0 radical (unpaired) electrons. The molecule has 2 aromatic rings. The number of nitrogens with one attached hydrogen (secondary N) is 1. The van der Waals surface area contributed by atoms with Gasteiger partial charge < -0.3 is 10.1 Å². The minimum Gasteiger partial charge on any atom is -0.494 e. The highest BCUT2D eigenvalue weighted by atomic mass is 16.5. The van der Waals surface area contributed by atoms with E-state index in [1.807, 2.05) is 18.2 Å². The van der Waals surface area contributed by atoms with Crippen LogP contribution in [0.25, 0.3) is 11.1 Å². The van der Waals surface area contributed by atoms with Crippen molar-refractivity contribution < 1.29 is 4.74 Å². The predicted molar refractivity (Wildman–Crippen MR) is 85.1 cm³/mol. The Hall–Kier alpha value is -1.80. The van der Waals surface area contributed by atoms with Crippen LogP contribution in [0.15, 0.2) is 54.6 Å². The molecule has 0 heterocycles. The molecule has 2 rings (SSSR count). The molecule has 1 N–H and O–H groups in total. The van der Waals surface area contributed by atoms with Gasteiger partial charge in [-0.1, -0.05) is 56.3 Å². The first-order chi connectivity index (χ1) is 9.75. The molecule has 0 aliphatic rings. The summed E-state index contributed by atoms with van der Waals surface area (Å²) in [4.78, 5) is 0. The maximum absolute atomic E-state index is 5.74. The van der Waals surface area contributed by atoms with Gasteiger partial charge in [-0.3, -0.25) is 0 Å². The van der Waals surface area contributed by atoms with Crippen molar-refractivity contribution in [1.82, 2.24) is 5.32 Å². The molecule has 0 saturated carbocycles. The number of rotatable bonds is 7.